The molecule has 1 saturated heterocycles. The van der Waals surface area contributed by atoms with Crippen LogP contribution in [0, 0.1) is 0 Å². The van der Waals surface area contributed by atoms with Crippen molar-refractivity contribution in [2.24, 2.45) is 7.05 Å². The van der Waals surface area contributed by atoms with Crippen LogP contribution in [0.25, 0.3) is 11.0 Å². The van der Waals surface area contributed by atoms with Crippen molar-refractivity contribution in [2.75, 3.05) is 31.1 Å². The summed E-state index contributed by atoms with van der Waals surface area (Å²) in [5.41, 5.74) is 2.75. The Balaban J connectivity index is 1.38. The van der Waals surface area contributed by atoms with E-state index >= 15 is 0 Å². The summed E-state index contributed by atoms with van der Waals surface area (Å²) in [7, 11) is 1.76. The maximum absolute atomic E-state index is 12.7. The van der Waals surface area contributed by atoms with Crippen LogP contribution in [0.15, 0.2) is 53.3 Å². The normalized spacial score (nSPS) is 14.6. The van der Waals surface area contributed by atoms with Crippen LogP contribution in [0.3, 0.4) is 0 Å². The van der Waals surface area contributed by atoms with Gasteiger partial charge in [-0.1, -0.05) is 29.8 Å². The third kappa shape index (κ3) is 3.52. The zero-order valence-corrected chi connectivity index (χ0v) is 16.6. The van der Waals surface area contributed by atoms with Crippen molar-refractivity contribution >= 4 is 34.2 Å². The number of amides is 1. The van der Waals surface area contributed by atoms with Crippen LogP contribution in [0.4, 0.5) is 5.69 Å². The number of para-hydroxylation sites is 2. The molecule has 4 rings (SSSR count). The summed E-state index contributed by atoms with van der Waals surface area (Å²) < 4.78 is 3.32. The fraction of sp³-hybridized carbons (Fsp3) is 0.333. The number of hydrogen-bond donors (Lipinski definition) is 0. The third-order valence-electron chi connectivity index (χ3n) is 5.41. The summed E-state index contributed by atoms with van der Waals surface area (Å²) in [6, 6.07) is 15.5. The minimum absolute atomic E-state index is 0.0835. The zero-order chi connectivity index (χ0) is 19.7. The number of hydrogen-bond acceptors (Lipinski definition) is 3. The molecule has 0 unspecified atom stereocenters. The van der Waals surface area contributed by atoms with Gasteiger partial charge >= 0.3 is 5.69 Å². The molecule has 0 saturated carbocycles. The van der Waals surface area contributed by atoms with E-state index < -0.39 is 0 Å². The average Bonchev–Trinajstić information content (AvgIpc) is 2.97. The highest BCUT2D eigenvalue weighted by molar-refractivity contribution is 6.30. The topological polar surface area (TPSA) is 50.5 Å². The fourth-order valence-corrected chi connectivity index (χ4v) is 4.02. The average molecular weight is 399 g/mol. The Labute approximate surface area is 168 Å². The number of halogens is 1. The molecule has 1 fully saturated rings. The van der Waals surface area contributed by atoms with Gasteiger partial charge in [0.25, 0.3) is 0 Å². The molecular formula is C21H23ClN4O2. The van der Waals surface area contributed by atoms with Gasteiger partial charge in [-0.3, -0.25) is 13.9 Å². The monoisotopic (exact) mass is 398 g/mol. The lowest BCUT2D eigenvalue weighted by atomic mass is 10.2. The van der Waals surface area contributed by atoms with Crippen LogP contribution in [-0.4, -0.2) is 46.1 Å². The van der Waals surface area contributed by atoms with E-state index in [1.807, 2.05) is 53.4 Å². The van der Waals surface area contributed by atoms with Gasteiger partial charge in [0, 0.05) is 56.9 Å². The van der Waals surface area contributed by atoms with Crippen LogP contribution in [0.5, 0.6) is 0 Å². The summed E-state index contributed by atoms with van der Waals surface area (Å²) >= 11 is 6.08. The lowest BCUT2D eigenvalue weighted by Gasteiger charge is -2.36. The van der Waals surface area contributed by atoms with Gasteiger partial charge in [-0.05, 0) is 30.3 Å². The van der Waals surface area contributed by atoms with Crippen molar-refractivity contribution in [3.8, 4) is 0 Å². The zero-order valence-electron chi connectivity index (χ0n) is 15.8. The molecule has 28 heavy (non-hydrogen) atoms. The number of aromatic nitrogens is 2. The van der Waals surface area contributed by atoms with Crippen molar-refractivity contribution in [3.05, 3.63) is 64.0 Å². The Kier molecular flexibility index (Phi) is 5.13. The van der Waals surface area contributed by atoms with Crippen molar-refractivity contribution in [3.63, 3.8) is 0 Å². The molecule has 2 aromatic carbocycles. The highest BCUT2D eigenvalue weighted by atomic mass is 35.5. The van der Waals surface area contributed by atoms with E-state index in [1.165, 1.54) is 0 Å². The molecule has 0 spiro atoms. The van der Waals surface area contributed by atoms with Gasteiger partial charge in [-0.15, -0.1) is 0 Å². The maximum atomic E-state index is 12.7. The fourth-order valence-electron chi connectivity index (χ4n) is 3.83. The third-order valence-corrected chi connectivity index (χ3v) is 5.64. The molecule has 1 amide bonds. The second kappa shape index (κ2) is 7.72. The second-order valence-corrected chi connectivity index (χ2v) is 7.52. The van der Waals surface area contributed by atoms with Crippen LogP contribution in [0.2, 0.25) is 5.02 Å². The number of rotatable bonds is 4. The number of anilines is 1. The van der Waals surface area contributed by atoms with Crippen molar-refractivity contribution in [1.29, 1.82) is 0 Å². The molecule has 2 heterocycles. The van der Waals surface area contributed by atoms with E-state index in [-0.39, 0.29) is 11.6 Å². The summed E-state index contributed by atoms with van der Waals surface area (Å²) in [6.07, 6.45) is 0.324. The smallest absolute Gasteiger partial charge is 0.328 e. The summed E-state index contributed by atoms with van der Waals surface area (Å²) in [5, 5.41) is 0.719. The number of fused-ring (bicyclic) bond motifs is 1. The molecular weight excluding hydrogens is 376 g/mol. The van der Waals surface area contributed by atoms with E-state index in [2.05, 4.69) is 4.90 Å². The van der Waals surface area contributed by atoms with E-state index in [9.17, 15) is 9.59 Å². The molecule has 6 nitrogen and oxygen atoms in total. The molecule has 0 radical (unpaired) electrons. The molecule has 0 atom stereocenters. The summed E-state index contributed by atoms with van der Waals surface area (Å²) in [6.45, 7) is 3.31. The van der Waals surface area contributed by atoms with Gasteiger partial charge in [0.15, 0.2) is 0 Å². The highest BCUT2D eigenvalue weighted by Gasteiger charge is 2.22. The first kappa shape index (κ1) is 18.6. The second-order valence-electron chi connectivity index (χ2n) is 7.08. The van der Waals surface area contributed by atoms with Crippen LogP contribution in [0.1, 0.15) is 6.42 Å². The number of carbonyl (C=O) groups is 1. The molecule has 7 heteroatoms. The Bertz CT molecular complexity index is 1060. The van der Waals surface area contributed by atoms with Crippen LogP contribution < -0.4 is 10.6 Å². The van der Waals surface area contributed by atoms with Crippen LogP contribution >= 0.6 is 11.6 Å². The largest absolute Gasteiger partial charge is 0.368 e. The number of carbonyl (C=O) groups excluding carboxylic acids is 1. The summed E-state index contributed by atoms with van der Waals surface area (Å²) in [4.78, 5) is 29.3. The van der Waals surface area contributed by atoms with Gasteiger partial charge in [-0.2, -0.15) is 0 Å². The molecule has 146 valence electrons. The number of benzene rings is 2. The number of nitrogens with zero attached hydrogens (tertiary/aromatic N) is 4. The van der Waals surface area contributed by atoms with Gasteiger partial charge in [0.05, 0.1) is 11.0 Å². The van der Waals surface area contributed by atoms with Gasteiger partial charge in [0.1, 0.15) is 0 Å². The predicted octanol–water partition coefficient (Wildman–Crippen LogP) is 2.73. The van der Waals surface area contributed by atoms with Gasteiger partial charge in [-0.25, -0.2) is 4.79 Å². The lowest BCUT2D eigenvalue weighted by Crippen LogP contribution is -2.49. The van der Waals surface area contributed by atoms with Crippen LogP contribution in [-0.2, 0) is 18.4 Å². The Morgan fingerprint density at radius 2 is 1.71 bits per heavy atom. The highest BCUT2D eigenvalue weighted by Crippen LogP contribution is 2.21. The molecule has 0 aliphatic carbocycles. The van der Waals surface area contributed by atoms with Gasteiger partial charge in [0.2, 0.25) is 5.91 Å². The molecule has 1 aliphatic heterocycles. The van der Waals surface area contributed by atoms with Gasteiger partial charge < -0.3 is 9.80 Å². The number of imidazole rings is 1. The summed E-state index contributed by atoms with van der Waals surface area (Å²) in [5.74, 6) is 0.0885. The first-order valence-electron chi connectivity index (χ1n) is 9.47. The van der Waals surface area contributed by atoms with E-state index in [4.69, 9.17) is 11.6 Å². The minimum atomic E-state index is -0.0835. The van der Waals surface area contributed by atoms with Crippen molar-refractivity contribution in [1.82, 2.24) is 14.0 Å². The first-order chi connectivity index (χ1) is 13.5. The maximum Gasteiger partial charge on any atom is 0.328 e. The molecule has 3 aromatic rings. The minimum Gasteiger partial charge on any atom is -0.368 e. The molecule has 0 bridgehead atoms. The lowest BCUT2D eigenvalue weighted by molar-refractivity contribution is -0.131. The van der Waals surface area contributed by atoms with E-state index in [1.54, 1.807) is 16.2 Å². The number of piperazine rings is 1. The quantitative estimate of drug-likeness (QED) is 0.679. The standard InChI is InChI=1S/C21H23ClN4O2/c1-23-18-7-2-3-8-19(18)26(21(23)28)10-9-20(27)25-13-11-24(12-14-25)17-6-4-5-16(22)15-17/h2-8,15H,9-14H2,1H3. The Morgan fingerprint density at radius 3 is 2.43 bits per heavy atom. The van der Waals surface area contributed by atoms with E-state index in [0.717, 1.165) is 34.8 Å². The van der Waals surface area contributed by atoms with Crippen molar-refractivity contribution in [2.45, 2.75) is 13.0 Å². The molecule has 1 aromatic heterocycles. The first-order valence-corrected chi connectivity index (χ1v) is 9.85. The SMILES string of the molecule is Cn1c(=O)n(CCC(=O)N2CCN(c3cccc(Cl)c3)CC2)c2ccccc21. The molecule has 1 aliphatic rings. The van der Waals surface area contributed by atoms with Crippen molar-refractivity contribution < 1.29 is 4.79 Å². The molecule has 0 N–H and O–H groups in total. The Hall–Kier alpha value is -2.73. The number of aryl methyl sites for hydroxylation is 2. The predicted molar refractivity (Wildman–Crippen MR) is 112 cm³/mol. The Morgan fingerprint density at radius 1 is 1.00 bits per heavy atom. The van der Waals surface area contributed by atoms with E-state index in [0.29, 0.717) is 26.1 Å².